The molecule has 2 aromatic carbocycles. The lowest BCUT2D eigenvalue weighted by atomic mass is 9.90. The second kappa shape index (κ2) is 12.3. The first kappa shape index (κ1) is 29.8. The highest BCUT2D eigenvalue weighted by atomic mass is 35.5. The second-order valence-electron chi connectivity index (χ2n) is 11.4. The second-order valence-corrected chi connectivity index (χ2v) is 14.2. The molecule has 2 heterocycles. The number of carboxylic acid groups (broad SMARTS) is 1. The van der Waals surface area contributed by atoms with E-state index in [1.165, 1.54) is 16.9 Å². The van der Waals surface area contributed by atoms with Crippen LogP contribution in [0.25, 0.3) is 22.4 Å². The highest BCUT2D eigenvalue weighted by Crippen LogP contribution is 2.53. The summed E-state index contributed by atoms with van der Waals surface area (Å²) in [7, 11) is 0. The lowest BCUT2D eigenvalue weighted by molar-refractivity contribution is -0.138. The van der Waals surface area contributed by atoms with Crippen molar-refractivity contribution < 1.29 is 19.4 Å². The highest BCUT2D eigenvalue weighted by Gasteiger charge is 2.44. The first-order valence-electron chi connectivity index (χ1n) is 13.7. The molecule has 8 heteroatoms. The number of carboxylic acids is 1. The van der Waals surface area contributed by atoms with Crippen molar-refractivity contribution in [2.75, 3.05) is 5.75 Å². The van der Waals surface area contributed by atoms with Crippen LogP contribution in [0.5, 0.6) is 0 Å². The molecule has 2 aromatic heterocycles. The number of rotatable bonds is 12. The first-order chi connectivity index (χ1) is 19.5. The molecule has 1 aliphatic carbocycles. The number of thiophene rings is 1. The summed E-state index contributed by atoms with van der Waals surface area (Å²) in [5.74, 6) is -0.413. The number of hydrogen-bond acceptors (Lipinski definition) is 5. The number of thioether (sulfide) groups is 1. The summed E-state index contributed by atoms with van der Waals surface area (Å²) < 4.78 is 15.1. The van der Waals surface area contributed by atoms with Crippen LogP contribution < -0.4 is 0 Å². The molecule has 2 N–H and O–H groups in total. The van der Waals surface area contributed by atoms with Crippen molar-refractivity contribution in [3.8, 4) is 0 Å². The van der Waals surface area contributed by atoms with Gasteiger partial charge in [-0.25, -0.2) is 9.37 Å². The van der Waals surface area contributed by atoms with E-state index in [1.807, 2.05) is 80.2 Å². The molecular weight excluding hydrogens is 577 g/mol. The zero-order valence-electron chi connectivity index (χ0n) is 23.1. The quantitative estimate of drug-likeness (QED) is 0.168. The number of aryl methyl sites for hydroxylation is 1. The van der Waals surface area contributed by atoms with E-state index in [4.69, 9.17) is 11.6 Å². The van der Waals surface area contributed by atoms with Gasteiger partial charge in [0.15, 0.2) is 5.82 Å². The minimum absolute atomic E-state index is 0.110. The summed E-state index contributed by atoms with van der Waals surface area (Å²) in [6, 6.07) is 20.1. The van der Waals surface area contributed by atoms with Gasteiger partial charge in [0.05, 0.1) is 22.4 Å². The fraction of sp³-hybridized carbons (Fsp3) is 0.333. The highest BCUT2D eigenvalue weighted by molar-refractivity contribution is 7.99. The Morgan fingerprint density at radius 3 is 2.68 bits per heavy atom. The van der Waals surface area contributed by atoms with E-state index in [0.29, 0.717) is 10.4 Å². The fourth-order valence-corrected chi connectivity index (χ4v) is 7.84. The Bertz CT molecular complexity index is 1590. The predicted octanol–water partition coefficient (Wildman–Crippen LogP) is 9.15. The Balaban J connectivity index is 1.38. The van der Waals surface area contributed by atoms with Crippen molar-refractivity contribution in [2.24, 2.45) is 5.41 Å². The number of halogens is 2. The van der Waals surface area contributed by atoms with Gasteiger partial charge in [-0.1, -0.05) is 66.2 Å². The van der Waals surface area contributed by atoms with Gasteiger partial charge < -0.3 is 10.2 Å². The molecule has 1 unspecified atom stereocenters. The van der Waals surface area contributed by atoms with Gasteiger partial charge >= 0.3 is 5.97 Å². The van der Waals surface area contributed by atoms with Crippen molar-refractivity contribution in [3.63, 3.8) is 0 Å². The van der Waals surface area contributed by atoms with E-state index in [9.17, 15) is 19.4 Å². The molecule has 4 nitrogen and oxygen atoms in total. The zero-order valence-corrected chi connectivity index (χ0v) is 25.5. The number of fused-ring (bicyclic) bond motifs is 1. The third-order valence-electron chi connectivity index (χ3n) is 7.62. The normalized spacial score (nSPS) is 15.4. The van der Waals surface area contributed by atoms with Crippen LogP contribution in [0, 0.1) is 11.2 Å². The maximum absolute atomic E-state index is 14.3. The maximum atomic E-state index is 14.3. The molecule has 1 saturated carbocycles. The molecule has 0 amide bonds. The summed E-state index contributed by atoms with van der Waals surface area (Å²) in [6.45, 7) is 3.62. The van der Waals surface area contributed by atoms with E-state index in [-0.39, 0.29) is 26.9 Å². The van der Waals surface area contributed by atoms with Crippen molar-refractivity contribution in [1.82, 2.24) is 4.98 Å². The molecule has 1 fully saturated rings. The summed E-state index contributed by atoms with van der Waals surface area (Å²) in [6.07, 6.45) is 7.61. The third-order valence-corrected chi connectivity index (χ3v) is 10.6. The Hall–Kier alpha value is -2.71. The summed E-state index contributed by atoms with van der Waals surface area (Å²) >= 11 is 8.96. The van der Waals surface area contributed by atoms with Crippen LogP contribution in [0.15, 0.2) is 60.7 Å². The van der Waals surface area contributed by atoms with Gasteiger partial charge in [-0.15, -0.1) is 11.3 Å². The minimum atomic E-state index is -0.933. The molecule has 41 heavy (non-hydrogen) atoms. The summed E-state index contributed by atoms with van der Waals surface area (Å²) in [5, 5.41) is 20.3. The molecule has 4 aromatic rings. The van der Waals surface area contributed by atoms with Gasteiger partial charge in [-0.05, 0) is 85.4 Å². The lowest BCUT2D eigenvalue weighted by Crippen LogP contribution is -2.18. The van der Waals surface area contributed by atoms with E-state index in [0.717, 1.165) is 48.1 Å². The van der Waals surface area contributed by atoms with Crippen molar-refractivity contribution >= 4 is 63.0 Å². The zero-order chi connectivity index (χ0) is 29.2. The number of benzene rings is 2. The molecule has 1 aliphatic rings. The van der Waals surface area contributed by atoms with Crippen LogP contribution in [0.4, 0.5) is 4.39 Å². The molecule has 0 spiro atoms. The Kier molecular flexibility index (Phi) is 8.90. The molecule has 0 radical (unpaired) electrons. The number of aliphatic hydroxyl groups is 1. The summed E-state index contributed by atoms with van der Waals surface area (Å²) in [5.41, 5.74) is 4.11. The fourth-order valence-electron chi connectivity index (χ4n) is 5.19. The molecular formula is C33H33ClFNO3S2. The first-order valence-corrected chi connectivity index (χ1v) is 15.9. The molecule has 1 atom stereocenters. The molecule has 0 bridgehead atoms. The lowest BCUT2D eigenvalue weighted by Gasteiger charge is -2.24. The van der Waals surface area contributed by atoms with Crippen molar-refractivity contribution in [3.05, 3.63) is 98.8 Å². The number of nitrogens with zero attached hydrogens (tertiary/aromatic N) is 1. The summed E-state index contributed by atoms with van der Waals surface area (Å²) in [4.78, 5) is 15.9. The average molecular weight is 610 g/mol. The third kappa shape index (κ3) is 7.39. The van der Waals surface area contributed by atoms with Gasteiger partial charge in [0.2, 0.25) is 0 Å². The Labute approximate surface area is 253 Å². The van der Waals surface area contributed by atoms with E-state index in [1.54, 1.807) is 0 Å². The molecule has 214 valence electrons. The SMILES string of the molecule is CC(C)(O)c1ccccc1CCC(SCC1(CC(=O)O)CC1)c1cccc(/C=C/c2ccc3sc(Cl)c(F)c3n2)c1. The van der Waals surface area contributed by atoms with Crippen LogP contribution in [0.3, 0.4) is 0 Å². The van der Waals surface area contributed by atoms with Gasteiger partial charge in [-0.3, -0.25) is 4.79 Å². The standard InChI is InChI=1S/C33H33ClFNO3S2/c1-32(2,39)25-9-4-3-7-22(25)11-14-26(40-20-33(16-17-33)19-28(37)38)23-8-5-6-21(18-23)10-12-24-13-15-27-30(36-24)29(35)31(34)41-27/h3-10,12-13,15,18,26,39H,11,14,16-17,19-20H2,1-2H3,(H,37,38)/b12-10+. The smallest absolute Gasteiger partial charge is 0.303 e. The number of aromatic nitrogens is 1. The van der Waals surface area contributed by atoms with Crippen LogP contribution in [-0.4, -0.2) is 26.9 Å². The van der Waals surface area contributed by atoms with Crippen LogP contribution in [0.2, 0.25) is 4.34 Å². The maximum Gasteiger partial charge on any atom is 0.303 e. The van der Waals surface area contributed by atoms with Crippen LogP contribution in [-0.2, 0) is 16.8 Å². The van der Waals surface area contributed by atoms with E-state index >= 15 is 0 Å². The number of pyridine rings is 1. The van der Waals surface area contributed by atoms with Gasteiger partial charge in [0.1, 0.15) is 9.85 Å². The molecule has 0 aliphatic heterocycles. The van der Waals surface area contributed by atoms with Gasteiger partial charge in [0, 0.05) is 11.0 Å². The van der Waals surface area contributed by atoms with E-state index < -0.39 is 17.4 Å². The van der Waals surface area contributed by atoms with Crippen LogP contribution >= 0.6 is 34.7 Å². The van der Waals surface area contributed by atoms with Crippen molar-refractivity contribution in [1.29, 1.82) is 0 Å². The monoisotopic (exact) mass is 609 g/mol. The predicted molar refractivity (Wildman–Crippen MR) is 169 cm³/mol. The van der Waals surface area contributed by atoms with E-state index in [2.05, 4.69) is 23.2 Å². The average Bonchev–Trinajstić information content (AvgIpc) is 3.63. The van der Waals surface area contributed by atoms with Crippen LogP contribution in [0.1, 0.15) is 72.7 Å². The topological polar surface area (TPSA) is 70.4 Å². The largest absolute Gasteiger partial charge is 0.481 e. The Morgan fingerprint density at radius 1 is 1.17 bits per heavy atom. The number of aliphatic carboxylic acids is 1. The molecule has 5 rings (SSSR count). The minimum Gasteiger partial charge on any atom is -0.481 e. The van der Waals surface area contributed by atoms with Crippen molar-refractivity contribution in [2.45, 2.75) is 56.8 Å². The number of carbonyl (C=O) groups is 1. The molecule has 0 saturated heterocycles. The Morgan fingerprint density at radius 2 is 1.95 bits per heavy atom. The van der Waals surface area contributed by atoms with Gasteiger partial charge in [-0.2, -0.15) is 11.8 Å². The number of hydrogen-bond donors (Lipinski definition) is 2. The van der Waals surface area contributed by atoms with Gasteiger partial charge in [0.25, 0.3) is 0 Å².